The second-order valence-corrected chi connectivity index (χ2v) is 3.02. The molecule has 1 heterocycles. The van der Waals surface area contributed by atoms with E-state index in [2.05, 4.69) is 24.9 Å². The van der Waals surface area contributed by atoms with Gasteiger partial charge in [-0.1, -0.05) is 25.3 Å². The van der Waals surface area contributed by atoms with E-state index in [9.17, 15) is 0 Å². The van der Waals surface area contributed by atoms with Crippen molar-refractivity contribution in [2.45, 2.75) is 12.8 Å². The second kappa shape index (κ2) is 7.83. The van der Waals surface area contributed by atoms with Crippen LogP contribution in [0, 0.1) is 0 Å². The van der Waals surface area contributed by atoms with Crippen LogP contribution in [-0.2, 0) is 0 Å². The minimum atomic E-state index is 1.42. The van der Waals surface area contributed by atoms with E-state index in [4.69, 9.17) is 0 Å². The molecular weight excluding hydrogens is 128 g/mol. The Kier molecular flexibility index (Phi) is 7.68. The molecule has 0 aromatic carbocycles. The predicted octanol–water partition coefficient (Wildman–Crippen LogP) is 2.87. The van der Waals surface area contributed by atoms with Crippen molar-refractivity contribution in [1.29, 1.82) is 0 Å². The van der Waals surface area contributed by atoms with Crippen LogP contribution < -0.4 is 0 Å². The summed E-state index contributed by atoms with van der Waals surface area (Å²) in [7, 11) is 0. The molecule has 0 unspecified atom stereocenters. The Morgan fingerprint density at radius 3 is 1.56 bits per heavy atom. The lowest BCUT2D eigenvalue weighted by Gasteiger charge is -1.69. The van der Waals surface area contributed by atoms with Crippen molar-refractivity contribution in [3.8, 4) is 0 Å². The van der Waals surface area contributed by atoms with Crippen LogP contribution in [0.3, 0.4) is 0 Å². The normalized spacial score (nSPS) is 15.6. The maximum atomic E-state index is 3.36. The molecule has 1 aliphatic heterocycles. The lowest BCUT2D eigenvalue weighted by Crippen LogP contribution is -1.58. The molecule has 0 aliphatic carbocycles. The summed E-state index contributed by atoms with van der Waals surface area (Å²) in [4.78, 5) is 0. The third-order valence-electron chi connectivity index (χ3n) is 0.994. The smallest absolute Gasteiger partial charge is 0.00672 e. The minimum Gasteiger partial charge on any atom is -0.162 e. The molecule has 1 saturated heterocycles. The summed E-state index contributed by atoms with van der Waals surface area (Å²) in [5.41, 5.74) is 0. The van der Waals surface area contributed by atoms with Gasteiger partial charge >= 0.3 is 0 Å². The second-order valence-electron chi connectivity index (χ2n) is 1.79. The Morgan fingerprint density at radius 2 is 1.44 bits per heavy atom. The molecule has 1 heteroatoms. The zero-order chi connectivity index (χ0) is 6.95. The van der Waals surface area contributed by atoms with E-state index in [-0.39, 0.29) is 0 Å². The zero-order valence-electron chi connectivity index (χ0n) is 5.81. The monoisotopic (exact) mass is 142 g/mol. The van der Waals surface area contributed by atoms with Crippen molar-refractivity contribution >= 4 is 11.8 Å². The molecule has 52 valence electrons. The first kappa shape index (κ1) is 8.83. The Hall–Kier alpha value is -0.170. The van der Waals surface area contributed by atoms with E-state index in [1.54, 1.807) is 12.2 Å². The molecular formula is C8H14S. The van der Waals surface area contributed by atoms with Gasteiger partial charge in [-0.05, 0) is 24.3 Å². The van der Waals surface area contributed by atoms with Crippen molar-refractivity contribution in [3.63, 3.8) is 0 Å². The summed E-state index contributed by atoms with van der Waals surface area (Å²) in [5.74, 6) is 2.83. The maximum absolute atomic E-state index is 3.36. The summed E-state index contributed by atoms with van der Waals surface area (Å²) in [6.07, 6.45) is 6.20. The van der Waals surface area contributed by atoms with E-state index in [0.29, 0.717) is 0 Å². The van der Waals surface area contributed by atoms with Crippen molar-refractivity contribution < 1.29 is 0 Å². The van der Waals surface area contributed by atoms with Gasteiger partial charge in [0.05, 0.1) is 0 Å². The molecule has 0 radical (unpaired) electrons. The van der Waals surface area contributed by atoms with E-state index < -0.39 is 0 Å². The highest BCUT2D eigenvalue weighted by atomic mass is 32.2. The average Bonchev–Trinajstić information content (AvgIpc) is 2.43. The van der Waals surface area contributed by atoms with Crippen LogP contribution in [0.15, 0.2) is 25.3 Å². The molecule has 0 aromatic rings. The van der Waals surface area contributed by atoms with Gasteiger partial charge in [-0.15, -0.1) is 0 Å². The molecule has 1 fully saturated rings. The Balaban J connectivity index is 0.000000148. The topological polar surface area (TPSA) is 0 Å². The molecule has 0 N–H and O–H groups in total. The first-order valence-electron chi connectivity index (χ1n) is 3.23. The molecule has 0 amide bonds. The van der Waals surface area contributed by atoms with Crippen molar-refractivity contribution in [2.75, 3.05) is 11.5 Å². The molecule has 0 nitrogen and oxygen atoms in total. The average molecular weight is 142 g/mol. The van der Waals surface area contributed by atoms with Gasteiger partial charge in [-0.3, -0.25) is 0 Å². The highest BCUT2D eigenvalue weighted by Gasteiger charge is 1.95. The van der Waals surface area contributed by atoms with Gasteiger partial charge in [0.15, 0.2) is 0 Å². The Labute approximate surface area is 62.0 Å². The SMILES string of the molecule is C1CCSC1.C=CC=C. The highest BCUT2D eigenvalue weighted by Crippen LogP contribution is 2.14. The Bertz CT molecular complexity index is 59.0. The summed E-state index contributed by atoms with van der Waals surface area (Å²) in [6, 6.07) is 0. The van der Waals surface area contributed by atoms with E-state index in [0.717, 1.165) is 0 Å². The van der Waals surface area contributed by atoms with Crippen molar-refractivity contribution in [1.82, 2.24) is 0 Å². The van der Waals surface area contributed by atoms with E-state index in [1.807, 2.05) is 0 Å². The molecule has 0 bridgehead atoms. The number of hydrogen-bond acceptors (Lipinski definition) is 1. The van der Waals surface area contributed by atoms with Gasteiger partial charge in [0.2, 0.25) is 0 Å². The molecule has 1 aliphatic rings. The van der Waals surface area contributed by atoms with E-state index >= 15 is 0 Å². The lowest BCUT2D eigenvalue weighted by atomic mass is 10.4. The van der Waals surface area contributed by atoms with Gasteiger partial charge in [0.1, 0.15) is 0 Å². The first-order valence-corrected chi connectivity index (χ1v) is 4.38. The fourth-order valence-corrected chi connectivity index (χ4v) is 1.53. The van der Waals surface area contributed by atoms with Gasteiger partial charge in [0, 0.05) is 0 Å². The first-order chi connectivity index (χ1) is 4.41. The number of allylic oxidation sites excluding steroid dienone is 2. The summed E-state index contributed by atoms with van der Waals surface area (Å²) < 4.78 is 0. The standard InChI is InChI=1S/C4H8S.C4H6/c1-2-4-5-3-1;1-3-4-2/h1-4H2;3-4H,1-2H2. The third kappa shape index (κ3) is 7.83. The zero-order valence-corrected chi connectivity index (χ0v) is 6.62. The van der Waals surface area contributed by atoms with Gasteiger partial charge in [-0.2, -0.15) is 11.8 Å². The molecule has 0 aromatic heterocycles. The third-order valence-corrected chi connectivity index (χ3v) is 2.15. The van der Waals surface area contributed by atoms with Gasteiger partial charge in [0.25, 0.3) is 0 Å². The number of hydrogen-bond donors (Lipinski definition) is 0. The summed E-state index contributed by atoms with van der Waals surface area (Å²) in [6.45, 7) is 6.72. The fraction of sp³-hybridized carbons (Fsp3) is 0.500. The predicted molar refractivity (Wildman–Crippen MR) is 47.0 cm³/mol. The largest absolute Gasteiger partial charge is 0.162 e. The molecule has 0 saturated carbocycles. The Morgan fingerprint density at radius 1 is 1.00 bits per heavy atom. The van der Waals surface area contributed by atoms with Crippen molar-refractivity contribution in [2.24, 2.45) is 0 Å². The quantitative estimate of drug-likeness (QED) is 0.507. The van der Waals surface area contributed by atoms with Crippen molar-refractivity contribution in [3.05, 3.63) is 25.3 Å². The van der Waals surface area contributed by atoms with E-state index in [1.165, 1.54) is 24.3 Å². The number of rotatable bonds is 1. The van der Waals surface area contributed by atoms with Crippen LogP contribution in [0.5, 0.6) is 0 Å². The van der Waals surface area contributed by atoms with Gasteiger partial charge < -0.3 is 0 Å². The minimum absolute atomic E-state index is 1.42. The van der Waals surface area contributed by atoms with Crippen LogP contribution in [-0.4, -0.2) is 11.5 Å². The summed E-state index contributed by atoms with van der Waals surface area (Å²) in [5, 5.41) is 0. The molecule has 0 spiro atoms. The maximum Gasteiger partial charge on any atom is -0.00672 e. The summed E-state index contributed by atoms with van der Waals surface area (Å²) >= 11 is 2.07. The lowest BCUT2D eigenvalue weighted by molar-refractivity contribution is 0.949. The molecule has 9 heavy (non-hydrogen) atoms. The molecule has 1 rings (SSSR count). The van der Waals surface area contributed by atoms with Crippen LogP contribution in [0.2, 0.25) is 0 Å². The highest BCUT2D eigenvalue weighted by molar-refractivity contribution is 7.99. The van der Waals surface area contributed by atoms with Crippen LogP contribution in [0.1, 0.15) is 12.8 Å². The number of thioether (sulfide) groups is 1. The van der Waals surface area contributed by atoms with Crippen LogP contribution in [0.4, 0.5) is 0 Å². The fourth-order valence-electron chi connectivity index (χ4n) is 0.510. The van der Waals surface area contributed by atoms with Gasteiger partial charge in [-0.25, -0.2) is 0 Å². The molecule has 0 atom stereocenters. The van der Waals surface area contributed by atoms with Crippen LogP contribution >= 0.6 is 11.8 Å². The van der Waals surface area contributed by atoms with Crippen LogP contribution in [0.25, 0.3) is 0 Å².